The summed E-state index contributed by atoms with van der Waals surface area (Å²) in [5.41, 5.74) is 10.1. The first-order chi connectivity index (χ1) is 15.0. The van der Waals surface area contributed by atoms with Crippen molar-refractivity contribution in [3.8, 4) is 11.1 Å². The fourth-order valence-electron chi connectivity index (χ4n) is 5.79. The van der Waals surface area contributed by atoms with E-state index in [2.05, 4.69) is 98.4 Å². The van der Waals surface area contributed by atoms with Crippen molar-refractivity contribution in [3.05, 3.63) is 77.4 Å². The van der Waals surface area contributed by atoms with Gasteiger partial charge in [-0.3, -0.25) is 0 Å². The Hall–Kier alpha value is -1.74. The predicted octanol–water partition coefficient (Wildman–Crippen LogP) is 8.18. The summed E-state index contributed by atoms with van der Waals surface area (Å²) in [4.78, 5) is 0. The first-order valence-electron chi connectivity index (χ1n) is 12.1. The van der Waals surface area contributed by atoms with Crippen molar-refractivity contribution in [3.63, 3.8) is 0 Å². The molecule has 0 amide bonds. The molecule has 0 unspecified atom stereocenters. The van der Waals surface area contributed by atoms with Gasteiger partial charge in [0, 0.05) is 0 Å². The quantitative estimate of drug-likeness (QED) is 0.285. The van der Waals surface area contributed by atoms with Gasteiger partial charge in [-0.1, -0.05) is 0 Å². The molecule has 0 radical (unpaired) electrons. The van der Waals surface area contributed by atoms with E-state index in [0.717, 1.165) is 0 Å². The van der Waals surface area contributed by atoms with Crippen LogP contribution in [-0.2, 0) is 0 Å². The molecule has 0 aliphatic carbocycles. The van der Waals surface area contributed by atoms with E-state index >= 15 is 0 Å². The van der Waals surface area contributed by atoms with Gasteiger partial charge in [0.1, 0.15) is 0 Å². The molecular formula is C29H37NSn. The molecule has 162 valence electrons. The van der Waals surface area contributed by atoms with Crippen LogP contribution < -0.4 is 6.70 Å². The fourth-order valence-corrected chi connectivity index (χ4v) is 22.7. The number of rotatable bonds is 7. The number of hydrogen-bond donors (Lipinski definition) is 0. The standard InChI is InChI=1S/C21H19N.2C4H9.Sn/c1-15-13-16(2)21(17(3)14-15)22-20-12-8-7-11-19(20)18-9-5-4-6-10-18;2*1-3-4-2;/h4-9,11-14H,1-3H3;2*1,3-4H2,2H3;/q-1;;;+1. The molecule has 3 aromatic rings. The Morgan fingerprint density at radius 3 is 1.87 bits per heavy atom. The summed E-state index contributed by atoms with van der Waals surface area (Å²) in [5.74, 6) is 0. The van der Waals surface area contributed by atoms with Gasteiger partial charge in [-0.15, -0.1) is 0 Å². The second-order valence-electron chi connectivity index (χ2n) is 9.38. The number of para-hydroxylation sites is 1. The van der Waals surface area contributed by atoms with Gasteiger partial charge in [-0.05, 0) is 0 Å². The Bertz CT molecular complexity index is 1040. The Morgan fingerprint density at radius 1 is 0.710 bits per heavy atom. The molecule has 0 spiro atoms. The maximum atomic E-state index is 2.96. The zero-order chi connectivity index (χ0) is 22.0. The van der Waals surface area contributed by atoms with Crippen molar-refractivity contribution in [2.24, 2.45) is 0 Å². The molecule has 1 nitrogen and oxygen atoms in total. The average Bonchev–Trinajstić information content (AvgIpc) is 2.77. The number of unbranched alkanes of at least 4 members (excludes halogenated alkanes) is 2. The van der Waals surface area contributed by atoms with Crippen LogP contribution in [0.1, 0.15) is 56.2 Å². The Labute approximate surface area is 193 Å². The topological polar surface area (TPSA) is 3.24 Å². The zero-order valence-electron chi connectivity index (χ0n) is 20.0. The van der Waals surface area contributed by atoms with Crippen molar-refractivity contribution in [1.82, 2.24) is 0 Å². The molecule has 0 aromatic heterocycles. The summed E-state index contributed by atoms with van der Waals surface area (Å²) >= 11 is -3.04. The van der Waals surface area contributed by atoms with Gasteiger partial charge in [0.15, 0.2) is 0 Å². The van der Waals surface area contributed by atoms with Gasteiger partial charge < -0.3 is 0 Å². The minimum atomic E-state index is -3.04. The number of nitrogens with zero attached hydrogens (tertiary/aromatic N) is 1. The number of benzene rings is 3. The minimum absolute atomic E-state index is 1.27. The van der Waals surface area contributed by atoms with E-state index < -0.39 is 18.7 Å². The van der Waals surface area contributed by atoms with E-state index in [-0.39, 0.29) is 0 Å². The van der Waals surface area contributed by atoms with Crippen molar-refractivity contribution in [2.75, 3.05) is 3.12 Å². The summed E-state index contributed by atoms with van der Waals surface area (Å²) in [7, 11) is 0. The summed E-state index contributed by atoms with van der Waals surface area (Å²) < 4.78 is 7.46. The molecule has 0 N–H and O–H groups in total. The summed E-state index contributed by atoms with van der Waals surface area (Å²) in [6.07, 6.45) is 5.20. The van der Waals surface area contributed by atoms with Crippen LogP contribution in [0.3, 0.4) is 0 Å². The van der Waals surface area contributed by atoms with Crippen LogP contribution in [0.2, 0.25) is 8.87 Å². The Kier molecular flexibility index (Phi) is 6.81. The molecule has 0 bridgehead atoms. The van der Waals surface area contributed by atoms with Crippen molar-refractivity contribution in [2.45, 2.75) is 69.2 Å². The van der Waals surface area contributed by atoms with E-state index in [1.165, 1.54) is 73.7 Å². The molecule has 3 aromatic carbocycles. The molecule has 0 atom stereocenters. The normalized spacial score (nSPS) is 14.3. The van der Waals surface area contributed by atoms with E-state index in [4.69, 9.17) is 0 Å². The third-order valence-electron chi connectivity index (χ3n) is 7.04. The molecule has 1 aliphatic heterocycles. The molecular weight excluding hydrogens is 481 g/mol. The predicted molar refractivity (Wildman–Crippen MR) is 139 cm³/mol. The molecule has 31 heavy (non-hydrogen) atoms. The first-order valence-corrected chi connectivity index (χ1v) is 18.8. The number of anilines is 2. The van der Waals surface area contributed by atoms with Crippen LogP contribution in [-0.4, -0.2) is 18.7 Å². The maximum absolute atomic E-state index is 3.04. The van der Waals surface area contributed by atoms with Crippen molar-refractivity contribution < 1.29 is 0 Å². The fraction of sp³-hybridized carbons (Fsp3) is 0.379. The van der Waals surface area contributed by atoms with Gasteiger partial charge in [-0.2, -0.15) is 0 Å². The van der Waals surface area contributed by atoms with Crippen molar-refractivity contribution >= 4 is 33.6 Å². The molecule has 2 heteroatoms. The SMILES string of the molecule is CCC[CH2][Sn]1([CH2]CCC)[c]2ccccc2-c2ccccc2[N]1c1c(C)cc(C)cc1C. The second-order valence-corrected chi connectivity index (χ2v) is 20.9. The van der Waals surface area contributed by atoms with Crippen molar-refractivity contribution in [1.29, 1.82) is 0 Å². The number of aryl methyl sites for hydroxylation is 3. The first kappa shape index (κ1) is 22.5. The van der Waals surface area contributed by atoms with Gasteiger partial charge in [-0.25, -0.2) is 0 Å². The van der Waals surface area contributed by atoms with Crippen LogP contribution in [0, 0.1) is 20.8 Å². The van der Waals surface area contributed by atoms with Crippen LogP contribution >= 0.6 is 0 Å². The molecule has 1 aliphatic rings. The molecule has 0 saturated heterocycles. The van der Waals surface area contributed by atoms with Gasteiger partial charge in [0.25, 0.3) is 0 Å². The van der Waals surface area contributed by atoms with E-state index in [1.807, 2.05) is 0 Å². The van der Waals surface area contributed by atoms with Crippen LogP contribution in [0.25, 0.3) is 11.1 Å². The molecule has 0 saturated carbocycles. The third-order valence-corrected chi connectivity index (χ3v) is 21.7. The van der Waals surface area contributed by atoms with Crippen LogP contribution in [0.4, 0.5) is 11.4 Å². The summed E-state index contributed by atoms with van der Waals surface area (Å²) in [6.45, 7) is 11.6. The molecule has 0 fully saturated rings. The monoisotopic (exact) mass is 519 g/mol. The van der Waals surface area contributed by atoms with Crippen LogP contribution in [0.5, 0.6) is 0 Å². The molecule has 1 heterocycles. The van der Waals surface area contributed by atoms with E-state index in [0.29, 0.717) is 0 Å². The molecule has 4 rings (SSSR count). The van der Waals surface area contributed by atoms with Gasteiger partial charge in [0.2, 0.25) is 0 Å². The summed E-state index contributed by atoms with van der Waals surface area (Å²) in [6, 6.07) is 23.4. The van der Waals surface area contributed by atoms with Crippen LogP contribution in [0.15, 0.2) is 60.7 Å². The number of fused-ring (bicyclic) bond motifs is 3. The Balaban J connectivity index is 2.08. The zero-order valence-corrected chi connectivity index (χ0v) is 22.8. The third kappa shape index (κ3) is 3.95. The van der Waals surface area contributed by atoms with E-state index in [1.54, 1.807) is 3.58 Å². The average molecular weight is 518 g/mol. The number of hydrogen-bond acceptors (Lipinski definition) is 1. The Morgan fingerprint density at radius 2 is 1.26 bits per heavy atom. The van der Waals surface area contributed by atoms with E-state index in [9.17, 15) is 0 Å². The van der Waals surface area contributed by atoms with Gasteiger partial charge >= 0.3 is 194 Å². The second kappa shape index (κ2) is 9.40. The summed E-state index contributed by atoms with van der Waals surface area (Å²) in [5, 5.41) is 0. The van der Waals surface area contributed by atoms with Gasteiger partial charge in [0.05, 0.1) is 0 Å².